The van der Waals surface area contributed by atoms with E-state index in [1.54, 1.807) is 4.90 Å². The Bertz CT molecular complexity index is 909. The molecule has 4 rings (SSSR count). The third-order valence-electron chi connectivity index (χ3n) is 4.95. The number of aromatic nitrogens is 3. The SMILES string of the molecule is Cc1ncnc(N2CCN(Cc3cc4ccccc4[nH]3)CC2)c1C(F)(F)F. The van der Waals surface area contributed by atoms with Crippen LogP contribution in [0.25, 0.3) is 10.9 Å². The summed E-state index contributed by atoms with van der Waals surface area (Å²) in [5.41, 5.74) is 1.44. The lowest BCUT2D eigenvalue weighted by Crippen LogP contribution is -2.47. The number of fused-ring (bicyclic) bond motifs is 1. The summed E-state index contributed by atoms with van der Waals surface area (Å²) in [6, 6.07) is 10.2. The number of alkyl halides is 3. The van der Waals surface area contributed by atoms with Crippen molar-refractivity contribution < 1.29 is 13.2 Å². The van der Waals surface area contributed by atoms with Crippen molar-refractivity contribution in [3.05, 3.63) is 53.6 Å². The van der Waals surface area contributed by atoms with Crippen molar-refractivity contribution in [3.8, 4) is 0 Å². The second-order valence-electron chi connectivity index (χ2n) is 6.80. The number of para-hydroxylation sites is 1. The van der Waals surface area contributed by atoms with Gasteiger partial charge in [0.25, 0.3) is 0 Å². The van der Waals surface area contributed by atoms with Gasteiger partial charge in [-0.15, -0.1) is 0 Å². The van der Waals surface area contributed by atoms with Gasteiger partial charge in [0.15, 0.2) is 0 Å². The summed E-state index contributed by atoms with van der Waals surface area (Å²) in [6.07, 6.45) is -3.25. The summed E-state index contributed by atoms with van der Waals surface area (Å²) < 4.78 is 40.2. The zero-order valence-corrected chi connectivity index (χ0v) is 14.9. The largest absolute Gasteiger partial charge is 0.421 e. The number of nitrogens with zero attached hydrogens (tertiary/aromatic N) is 4. The molecule has 27 heavy (non-hydrogen) atoms. The monoisotopic (exact) mass is 375 g/mol. The van der Waals surface area contributed by atoms with Crippen LogP contribution in [0, 0.1) is 6.92 Å². The Balaban J connectivity index is 1.46. The first kappa shape index (κ1) is 17.8. The molecule has 0 atom stereocenters. The Morgan fingerprint density at radius 2 is 1.81 bits per heavy atom. The lowest BCUT2D eigenvalue weighted by Gasteiger charge is -2.36. The van der Waals surface area contributed by atoms with Gasteiger partial charge in [-0.2, -0.15) is 13.2 Å². The zero-order chi connectivity index (χ0) is 19.0. The molecule has 1 fully saturated rings. The predicted molar refractivity (Wildman–Crippen MR) is 97.6 cm³/mol. The Hall–Kier alpha value is -2.61. The quantitative estimate of drug-likeness (QED) is 0.760. The van der Waals surface area contributed by atoms with Gasteiger partial charge >= 0.3 is 6.18 Å². The highest BCUT2D eigenvalue weighted by molar-refractivity contribution is 5.80. The van der Waals surface area contributed by atoms with E-state index in [4.69, 9.17) is 0 Å². The molecule has 1 aliphatic rings. The summed E-state index contributed by atoms with van der Waals surface area (Å²) in [5, 5.41) is 1.16. The van der Waals surface area contributed by atoms with E-state index in [2.05, 4.69) is 32.0 Å². The van der Waals surface area contributed by atoms with Crippen LogP contribution < -0.4 is 4.90 Å². The number of piperazine rings is 1. The van der Waals surface area contributed by atoms with E-state index in [0.29, 0.717) is 26.2 Å². The van der Waals surface area contributed by atoms with Crippen LogP contribution in [-0.2, 0) is 12.7 Å². The first-order chi connectivity index (χ1) is 12.9. The highest BCUT2D eigenvalue weighted by Crippen LogP contribution is 2.37. The number of nitrogens with one attached hydrogen (secondary N) is 1. The van der Waals surface area contributed by atoms with Gasteiger partial charge in [-0.3, -0.25) is 4.90 Å². The standard InChI is InChI=1S/C19H20F3N5/c1-13-17(19(20,21)22)18(24-12-23-13)27-8-6-26(7-9-27)11-15-10-14-4-2-3-5-16(14)25-15/h2-5,10,12,25H,6-9,11H2,1H3. The number of aromatic amines is 1. The molecule has 0 spiro atoms. The molecule has 0 aliphatic carbocycles. The molecule has 1 saturated heterocycles. The lowest BCUT2D eigenvalue weighted by atomic mass is 10.2. The number of aryl methyl sites for hydroxylation is 1. The van der Waals surface area contributed by atoms with Crippen LogP contribution in [-0.4, -0.2) is 46.0 Å². The molecule has 0 saturated carbocycles. The van der Waals surface area contributed by atoms with Gasteiger partial charge < -0.3 is 9.88 Å². The molecular weight excluding hydrogens is 355 g/mol. The van der Waals surface area contributed by atoms with Crippen molar-refractivity contribution in [2.45, 2.75) is 19.6 Å². The summed E-state index contributed by atoms with van der Waals surface area (Å²) in [6.45, 7) is 4.47. The predicted octanol–water partition coefficient (Wildman–Crippen LogP) is 3.61. The Kier molecular flexibility index (Phi) is 4.51. The Labute approximate surface area is 154 Å². The molecule has 5 nitrogen and oxygen atoms in total. The summed E-state index contributed by atoms with van der Waals surface area (Å²) in [4.78, 5) is 15.0. The molecule has 0 unspecified atom stereocenters. The van der Waals surface area contributed by atoms with Crippen LogP contribution in [0.15, 0.2) is 36.7 Å². The fourth-order valence-corrected chi connectivity index (χ4v) is 3.61. The van der Waals surface area contributed by atoms with E-state index in [0.717, 1.165) is 23.1 Å². The normalized spacial score (nSPS) is 16.2. The van der Waals surface area contributed by atoms with E-state index in [1.807, 2.05) is 18.2 Å². The summed E-state index contributed by atoms with van der Waals surface area (Å²) in [5.74, 6) is -0.0136. The van der Waals surface area contributed by atoms with Gasteiger partial charge in [0, 0.05) is 43.9 Å². The van der Waals surface area contributed by atoms with Crippen LogP contribution in [0.3, 0.4) is 0 Å². The number of hydrogen-bond acceptors (Lipinski definition) is 4. The van der Waals surface area contributed by atoms with E-state index in [9.17, 15) is 13.2 Å². The number of benzene rings is 1. The molecule has 3 heterocycles. The number of halogens is 3. The van der Waals surface area contributed by atoms with Crippen LogP contribution in [0.4, 0.5) is 19.0 Å². The molecule has 2 aromatic heterocycles. The topological polar surface area (TPSA) is 48.1 Å². The molecular formula is C19H20F3N5. The van der Waals surface area contributed by atoms with Gasteiger partial charge in [0.2, 0.25) is 0 Å². The fourth-order valence-electron chi connectivity index (χ4n) is 3.61. The van der Waals surface area contributed by atoms with E-state index < -0.39 is 11.7 Å². The second-order valence-corrected chi connectivity index (χ2v) is 6.80. The molecule has 142 valence electrons. The molecule has 3 aromatic rings. The maximum absolute atomic E-state index is 13.4. The maximum atomic E-state index is 13.4. The molecule has 0 radical (unpaired) electrons. The molecule has 1 aliphatic heterocycles. The third kappa shape index (κ3) is 3.62. The van der Waals surface area contributed by atoms with Crippen LogP contribution in [0.2, 0.25) is 0 Å². The van der Waals surface area contributed by atoms with Gasteiger partial charge in [0.05, 0.1) is 5.69 Å². The van der Waals surface area contributed by atoms with Crippen molar-refractivity contribution in [1.82, 2.24) is 19.9 Å². The van der Waals surface area contributed by atoms with Gasteiger partial charge in [-0.25, -0.2) is 9.97 Å². The average molecular weight is 375 g/mol. The highest BCUT2D eigenvalue weighted by Gasteiger charge is 2.38. The van der Waals surface area contributed by atoms with Crippen LogP contribution in [0.1, 0.15) is 17.0 Å². The Morgan fingerprint density at radius 1 is 1.07 bits per heavy atom. The smallest absolute Gasteiger partial charge is 0.357 e. The van der Waals surface area contributed by atoms with Crippen molar-refractivity contribution in [2.75, 3.05) is 31.1 Å². The fraction of sp³-hybridized carbons (Fsp3) is 0.368. The second kappa shape index (κ2) is 6.84. The van der Waals surface area contributed by atoms with Gasteiger partial charge in [0.1, 0.15) is 17.7 Å². The molecule has 0 bridgehead atoms. The molecule has 8 heteroatoms. The molecule has 0 amide bonds. The first-order valence-corrected chi connectivity index (χ1v) is 8.84. The Morgan fingerprint density at radius 3 is 2.52 bits per heavy atom. The van der Waals surface area contributed by atoms with Crippen molar-refractivity contribution >= 4 is 16.7 Å². The van der Waals surface area contributed by atoms with Crippen LogP contribution in [0.5, 0.6) is 0 Å². The molecule has 1 N–H and O–H groups in total. The van der Waals surface area contributed by atoms with E-state index >= 15 is 0 Å². The lowest BCUT2D eigenvalue weighted by molar-refractivity contribution is -0.138. The van der Waals surface area contributed by atoms with Crippen molar-refractivity contribution in [1.29, 1.82) is 0 Å². The summed E-state index contributed by atoms with van der Waals surface area (Å²) in [7, 11) is 0. The number of H-pyrrole nitrogens is 1. The van der Waals surface area contributed by atoms with E-state index in [1.165, 1.54) is 13.3 Å². The highest BCUT2D eigenvalue weighted by atomic mass is 19.4. The van der Waals surface area contributed by atoms with Gasteiger partial charge in [-0.1, -0.05) is 18.2 Å². The van der Waals surface area contributed by atoms with Crippen molar-refractivity contribution in [2.24, 2.45) is 0 Å². The minimum Gasteiger partial charge on any atom is -0.357 e. The number of anilines is 1. The summed E-state index contributed by atoms with van der Waals surface area (Å²) >= 11 is 0. The average Bonchev–Trinajstić information content (AvgIpc) is 3.03. The van der Waals surface area contributed by atoms with Gasteiger partial charge in [-0.05, 0) is 24.4 Å². The number of rotatable bonds is 3. The molecule has 1 aromatic carbocycles. The van der Waals surface area contributed by atoms with Crippen LogP contribution >= 0.6 is 0 Å². The first-order valence-electron chi connectivity index (χ1n) is 8.84. The zero-order valence-electron chi connectivity index (χ0n) is 14.9. The van der Waals surface area contributed by atoms with E-state index in [-0.39, 0.29) is 11.5 Å². The minimum absolute atomic E-state index is 0.0136. The third-order valence-corrected chi connectivity index (χ3v) is 4.95. The maximum Gasteiger partial charge on any atom is 0.421 e. The van der Waals surface area contributed by atoms with Crippen molar-refractivity contribution in [3.63, 3.8) is 0 Å². The number of hydrogen-bond donors (Lipinski definition) is 1. The minimum atomic E-state index is -4.46.